The third-order valence-corrected chi connectivity index (χ3v) is 5.12. The van der Waals surface area contributed by atoms with Crippen LogP contribution in [0.25, 0.3) is 0 Å². The number of nitrogens with zero attached hydrogens (tertiary/aromatic N) is 1. The summed E-state index contributed by atoms with van der Waals surface area (Å²) in [5.41, 5.74) is 5.53. The molecule has 0 aliphatic heterocycles. The highest BCUT2D eigenvalue weighted by Crippen LogP contribution is 2.24. The van der Waals surface area contributed by atoms with E-state index in [1.165, 1.54) is 23.5 Å². The van der Waals surface area contributed by atoms with Gasteiger partial charge < -0.3 is 5.73 Å². The van der Waals surface area contributed by atoms with Gasteiger partial charge in [0.05, 0.1) is 6.54 Å². The molecule has 0 amide bonds. The minimum atomic E-state index is -3.97. The second-order valence-electron chi connectivity index (χ2n) is 3.83. The summed E-state index contributed by atoms with van der Waals surface area (Å²) in [5, 5.41) is 2.33. The standard InChI is InChI=1S/C11H11BrFN3O2S2/c12-8-3-7(5-14)11(13)9(4-8)20(17,18)16-6-10-15-1-2-19-10/h1-4,16H,5-6,14H2. The number of hydrogen-bond acceptors (Lipinski definition) is 5. The maximum absolute atomic E-state index is 14.1. The maximum atomic E-state index is 14.1. The quantitative estimate of drug-likeness (QED) is 0.831. The van der Waals surface area contributed by atoms with Crippen LogP contribution in [0.2, 0.25) is 0 Å². The molecule has 0 atom stereocenters. The second-order valence-corrected chi connectivity index (χ2v) is 7.46. The number of nitrogens with two attached hydrogens (primary N) is 1. The summed E-state index contributed by atoms with van der Waals surface area (Å²) in [5.74, 6) is -0.831. The van der Waals surface area contributed by atoms with Crippen molar-refractivity contribution in [3.63, 3.8) is 0 Å². The summed E-state index contributed by atoms with van der Waals surface area (Å²) in [6.45, 7) is -0.0653. The second kappa shape index (κ2) is 6.27. The van der Waals surface area contributed by atoms with Gasteiger partial charge in [-0.3, -0.25) is 0 Å². The normalized spacial score (nSPS) is 11.8. The lowest BCUT2D eigenvalue weighted by atomic mass is 10.2. The minimum Gasteiger partial charge on any atom is -0.326 e. The van der Waals surface area contributed by atoms with Crippen LogP contribution in [0, 0.1) is 5.82 Å². The van der Waals surface area contributed by atoms with E-state index in [0.29, 0.717) is 9.48 Å². The largest absolute Gasteiger partial charge is 0.326 e. The zero-order chi connectivity index (χ0) is 14.8. The Balaban J connectivity index is 2.31. The molecule has 0 saturated carbocycles. The third kappa shape index (κ3) is 3.41. The Morgan fingerprint density at radius 1 is 1.45 bits per heavy atom. The van der Waals surface area contributed by atoms with Gasteiger partial charge >= 0.3 is 0 Å². The molecule has 1 aromatic carbocycles. The SMILES string of the molecule is NCc1cc(Br)cc(S(=O)(=O)NCc2nccs2)c1F. The van der Waals surface area contributed by atoms with Crippen LogP contribution in [0.5, 0.6) is 0 Å². The molecule has 0 unspecified atom stereocenters. The molecule has 20 heavy (non-hydrogen) atoms. The van der Waals surface area contributed by atoms with Gasteiger partial charge in [0.1, 0.15) is 15.7 Å². The first-order chi connectivity index (χ1) is 9.44. The van der Waals surface area contributed by atoms with Gasteiger partial charge in [-0.05, 0) is 12.1 Å². The smallest absolute Gasteiger partial charge is 0.243 e. The van der Waals surface area contributed by atoms with Gasteiger partial charge in [0.2, 0.25) is 10.0 Å². The highest BCUT2D eigenvalue weighted by Gasteiger charge is 2.22. The Kier molecular flexibility index (Phi) is 4.86. The molecule has 0 fully saturated rings. The molecule has 0 aliphatic carbocycles. The molecule has 2 rings (SSSR count). The van der Waals surface area contributed by atoms with Crippen molar-refractivity contribution >= 4 is 37.3 Å². The van der Waals surface area contributed by atoms with E-state index >= 15 is 0 Å². The van der Waals surface area contributed by atoms with Gasteiger partial charge in [-0.15, -0.1) is 11.3 Å². The summed E-state index contributed by atoms with van der Waals surface area (Å²) in [4.78, 5) is 3.53. The van der Waals surface area contributed by atoms with Crippen molar-refractivity contribution in [2.45, 2.75) is 18.0 Å². The number of halogens is 2. The molecule has 9 heteroatoms. The van der Waals surface area contributed by atoms with E-state index in [4.69, 9.17) is 5.73 Å². The average molecular weight is 380 g/mol. The fourth-order valence-electron chi connectivity index (χ4n) is 1.54. The van der Waals surface area contributed by atoms with Gasteiger partial charge in [0.15, 0.2) is 0 Å². The Hall–Kier alpha value is -0.870. The summed E-state index contributed by atoms with van der Waals surface area (Å²) in [6, 6.07) is 2.66. The number of aromatic nitrogens is 1. The van der Waals surface area contributed by atoms with Crippen LogP contribution < -0.4 is 10.5 Å². The first kappa shape index (κ1) is 15.5. The van der Waals surface area contributed by atoms with E-state index in [0.717, 1.165) is 0 Å². The summed E-state index contributed by atoms with van der Waals surface area (Å²) in [6.07, 6.45) is 1.57. The lowest BCUT2D eigenvalue weighted by molar-refractivity contribution is 0.549. The first-order valence-electron chi connectivity index (χ1n) is 5.50. The highest BCUT2D eigenvalue weighted by atomic mass is 79.9. The molecule has 2 aromatic rings. The molecule has 108 valence electrons. The van der Waals surface area contributed by atoms with E-state index in [2.05, 4.69) is 25.6 Å². The Bertz CT molecular complexity index is 705. The Labute approximate surface area is 128 Å². The molecular formula is C11H11BrFN3O2S2. The summed E-state index contributed by atoms with van der Waals surface area (Å²) < 4.78 is 41.1. The van der Waals surface area contributed by atoms with E-state index in [1.807, 2.05) is 0 Å². The molecule has 1 aromatic heterocycles. The monoisotopic (exact) mass is 379 g/mol. The lowest BCUT2D eigenvalue weighted by Crippen LogP contribution is -2.24. The molecule has 0 bridgehead atoms. The predicted molar refractivity (Wildman–Crippen MR) is 78.1 cm³/mol. The van der Waals surface area contributed by atoms with E-state index in [9.17, 15) is 12.8 Å². The third-order valence-electron chi connectivity index (χ3n) is 2.49. The van der Waals surface area contributed by atoms with E-state index < -0.39 is 20.7 Å². The highest BCUT2D eigenvalue weighted by molar-refractivity contribution is 9.10. The van der Waals surface area contributed by atoms with Crippen molar-refractivity contribution in [3.05, 3.63) is 44.6 Å². The van der Waals surface area contributed by atoms with Crippen molar-refractivity contribution in [2.75, 3.05) is 0 Å². The van der Waals surface area contributed by atoms with Crippen LogP contribution in [0.3, 0.4) is 0 Å². The molecule has 3 N–H and O–H groups in total. The first-order valence-corrected chi connectivity index (χ1v) is 8.65. The van der Waals surface area contributed by atoms with Gasteiger partial charge in [0, 0.05) is 28.2 Å². The van der Waals surface area contributed by atoms with Crippen LogP contribution >= 0.6 is 27.3 Å². The molecule has 5 nitrogen and oxygen atoms in total. The van der Waals surface area contributed by atoms with Gasteiger partial charge in [-0.25, -0.2) is 22.5 Å². The van der Waals surface area contributed by atoms with E-state index in [1.54, 1.807) is 11.6 Å². The van der Waals surface area contributed by atoms with Crippen LogP contribution in [-0.4, -0.2) is 13.4 Å². The van der Waals surface area contributed by atoms with Crippen molar-refractivity contribution in [1.29, 1.82) is 0 Å². The number of sulfonamides is 1. The zero-order valence-electron chi connectivity index (χ0n) is 10.1. The van der Waals surface area contributed by atoms with Crippen molar-refractivity contribution in [1.82, 2.24) is 9.71 Å². The number of benzene rings is 1. The van der Waals surface area contributed by atoms with Gasteiger partial charge in [-0.2, -0.15) is 0 Å². The minimum absolute atomic E-state index is 0.0178. The van der Waals surface area contributed by atoms with Crippen molar-refractivity contribution in [3.8, 4) is 0 Å². The molecule has 0 radical (unpaired) electrons. The maximum Gasteiger partial charge on any atom is 0.243 e. The molecule has 0 saturated heterocycles. The number of nitrogens with one attached hydrogen (secondary N) is 1. The van der Waals surface area contributed by atoms with Crippen LogP contribution in [0.15, 0.2) is 33.1 Å². The average Bonchev–Trinajstić information content (AvgIpc) is 2.92. The van der Waals surface area contributed by atoms with Crippen LogP contribution in [0.1, 0.15) is 10.6 Å². The van der Waals surface area contributed by atoms with E-state index in [-0.39, 0.29) is 18.7 Å². The fourth-order valence-corrected chi connectivity index (χ4v) is 3.97. The van der Waals surface area contributed by atoms with Crippen LogP contribution in [0.4, 0.5) is 4.39 Å². The number of rotatable bonds is 5. The summed E-state index contributed by atoms with van der Waals surface area (Å²) >= 11 is 4.46. The predicted octanol–water partition coefficient (Wildman–Crippen LogP) is 1.98. The topological polar surface area (TPSA) is 85.1 Å². The van der Waals surface area contributed by atoms with Gasteiger partial charge in [0.25, 0.3) is 0 Å². The molecular weight excluding hydrogens is 369 g/mol. The Morgan fingerprint density at radius 3 is 2.80 bits per heavy atom. The van der Waals surface area contributed by atoms with Crippen molar-refractivity contribution < 1.29 is 12.8 Å². The molecule has 0 spiro atoms. The zero-order valence-corrected chi connectivity index (χ0v) is 13.4. The lowest BCUT2D eigenvalue weighted by Gasteiger charge is -2.10. The number of thiazole rings is 1. The molecule has 1 heterocycles. The van der Waals surface area contributed by atoms with Gasteiger partial charge in [-0.1, -0.05) is 15.9 Å². The van der Waals surface area contributed by atoms with Crippen molar-refractivity contribution in [2.24, 2.45) is 5.73 Å². The fraction of sp³-hybridized carbons (Fsp3) is 0.182. The van der Waals surface area contributed by atoms with Crippen LogP contribution in [-0.2, 0) is 23.1 Å². The Morgan fingerprint density at radius 2 is 2.20 bits per heavy atom. The number of hydrogen-bond donors (Lipinski definition) is 2. The summed E-state index contributed by atoms with van der Waals surface area (Å²) in [7, 11) is -3.97. The molecule has 0 aliphatic rings.